The molecular formula is C19H28N4O3S. The largest absolute Gasteiger partial charge is 0.497 e. The van der Waals surface area contributed by atoms with Crippen LogP contribution in [0.15, 0.2) is 35.2 Å². The van der Waals surface area contributed by atoms with Gasteiger partial charge >= 0.3 is 0 Å². The zero-order valence-electron chi connectivity index (χ0n) is 16.4. The third kappa shape index (κ3) is 4.17. The molecule has 8 heteroatoms. The second-order valence-corrected chi connectivity index (χ2v) is 9.12. The number of ether oxygens (including phenoxy) is 1. The van der Waals surface area contributed by atoms with Crippen LogP contribution in [0.4, 0.5) is 0 Å². The van der Waals surface area contributed by atoms with Crippen LogP contribution in [-0.4, -0.2) is 55.2 Å². The van der Waals surface area contributed by atoms with Crippen LogP contribution in [-0.2, 0) is 23.6 Å². The Morgan fingerprint density at radius 2 is 2.04 bits per heavy atom. The molecule has 2 aromatic rings. The zero-order valence-corrected chi connectivity index (χ0v) is 17.2. The van der Waals surface area contributed by atoms with Gasteiger partial charge in [-0.3, -0.25) is 4.68 Å². The Balaban J connectivity index is 1.95. The number of hydrogen-bond acceptors (Lipinski definition) is 5. The highest BCUT2D eigenvalue weighted by Gasteiger charge is 2.36. The molecule has 1 saturated heterocycles. The zero-order chi connectivity index (χ0) is 19.6. The Hall–Kier alpha value is -1.90. The van der Waals surface area contributed by atoms with Crippen LogP contribution >= 0.6 is 0 Å². The van der Waals surface area contributed by atoms with Crippen molar-refractivity contribution < 1.29 is 13.2 Å². The highest BCUT2D eigenvalue weighted by molar-refractivity contribution is 7.89. The van der Waals surface area contributed by atoms with Crippen LogP contribution in [0.5, 0.6) is 5.75 Å². The number of rotatable bonds is 6. The second-order valence-electron chi connectivity index (χ2n) is 7.23. The molecule has 2 heterocycles. The van der Waals surface area contributed by atoms with E-state index in [9.17, 15) is 8.42 Å². The summed E-state index contributed by atoms with van der Waals surface area (Å²) in [5.41, 5.74) is 1.89. The lowest BCUT2D eigenvalue weighted by atomic mass is 10.0. The molecular weight excluding hydrogens is 364 g/mol. The van der Waals surface area contributed by atoms with Gasteiger partial charge in [0.2, 0.25) is 10.0 Å². The lowest BCUT2D eigenvalue weighted by Gasteiger charge is -2.33. The number of benzene rings is 1. The van der Waals surface area contributed by atoms with Crippen molar-refractivity contribution in [2.45, 2.75) is 36.7 Å². The number of hydrogen-bond donors (Lipinski definition) is 0. The predicted molar refractivity (Wildman–Crippen MR) is 104 cm³/mol. The van der Waals surface area contributed by atoms with E-state index in [-0.39, 0.29) is 10.9 Å². The van der Waals surface area contributed by atoms with E-state index in [0.717, 1.165) is 37.2 Å². The maximum atomic E-state index is 13.3. The van der Waals surface area contributed by atoms with Gasteiger partial charge in [-0.1, -0.05) is 12.5 Å². The van der Waals surface area contributed by atoms with Crippen LogP contribution in [0, 0.1) is 0 Å². The molecule has 1 aliphatic rings. The van der Waals surface area contributed by atoms with Crippen LogP contribution in [0.1, 0.15) is 36.7 Å². The van der Waals surface area contributed by atoms with Crippen molar-refractivity contribution in [1.82, 2.24) is 19.0 Å². The first-order valence-electron chi connectivity index (χ1n) is 9.16. The van der Waals surface area contributed by atoms with Gasteiger partial charge in [-0.05, 0) is 45.1 Å². The van der Waals surface area contributed by atoms with Gasteiger partial charge in [0.25, 0.3) is 0 Å². The summed E-state index contributed by atoms with van der Waals surface area (Å²) in [6.07, 6.45) is 2.63. The molecule has 0 unspecified atom stereocenters. The van der Waals surface area contributed by atoms with E-state index >= 15 is 0 Å². The first-order chi connectivity index (χ1) is 12.8. The van der Waals surface area contributed by atoms with Crippen molar-refractivity contribution in [1.29, 1.82) is 0 Å². The molecule has 0 aliphatic carbocycles. The summed E-state index contributed by atoms with van der Waals surface area (Å²) < 4.78 is 35.3. The van der Waals surface area contributed by atoms with Gasteiger partial charge in [0.05, 0.1) is 29.4 Å². The Morgan fingerprint density at radius 1 is 1.26 bits per heavy atom. The van der Waals surface area contributed by atoms with Gasteiger partial charge in [-0.2, -0.15) is 9.40 Å². The van der Waals surface area contributed by atoms with E-state index in [0.29, 0.717) is 12.3 Å². The molecule has 1 aromatic heterocycles. The fourth-order valence-electron chi connectivity index (χ4n) is 3.55. The Bertz CT molecular complexity index is 892. The highest BCUT2D eigenvalue weighted by atomic mass is 32.2. The fourth-order valence-corrected chi connectivity index (χ4v) is 5.25. The second kappa shape index (κ2) is 8.00. The minimum Gasteiger partial charge on any atom is -0.497 e. The third-order valence-corrected chi connectivity index (χ3v) is 6.82. The summed E-state index contributed by atoms with van der Waals surface area (Å²) in [6.45, 7) is 1.27. The lowest BCUT2D eigenvalue weighted by molar-refractivity contribution is 0.250. The Kier molecular flexibility index (Phi) is 5.88. The monoisotopic (exact) mass is 392 g/mol. The standard InChI is InChI=1S/C19H28N4O3S/c1-21(2)14-15-12-18(20-22(15)3)19-10-5-6-11-23(19)27(24,25)17-9-7-8-16(13-17)26-4/h7-9,12-13,19H,5-6,10-11,14H2,1-4H3/t19-/m0/s1. The molecule has 27 heavy (non-hydrogen) atoms. The molecule has 3 rings (SSSR count). The van der Waals surface area contributed by atoms with E-state index in [4.69, 9.17) is 4.74 Å². The van der Waals surface area contributed by atoms with Gasteiger partial charge < -0.3 is 9.64 Å². The summed E-state index contributed by atoms with van der Waals surface area (Å²) in [6, 6.07) is 8.46. The Morgan fingerprint density at radius 3 is 2.74 bits per heavy atom. The van der Waals surface area contributed by atoms with Crippen molar-refractivity contribution in [2.75, 3.05) is 27.7 Å². The Labute approximate surface area is 161 Å². The SMILES string of the molecule is COc1cccc(S(=O)(=O)N2CCCC[C@H]2c2cc(CN(C)C)n(C)n2)c1. The molecule has 1 aliphatic heterocycles. The number of sulfonamides is 1. The van der Waals surface area contributed by atoms with E-state index in [1.54, 1.807) is 28.6 Å². The molecule has 0 saturated carbocycles. The number of nitrogens with zero attached hydrogens (tertiary/aromatic N) is 4. The lowest BCUT2D eigenvalue weighted by Crippen LogP contribution is -2.38. The predicted octanol–water partition coefficient (Wildman–Crippen LogP) is 2.41. The molecule has 1 aromatic carbocycles. The summed E-state index contributed by atoms with van der Waals surface area (Å²) in [7, 11) is 3.83. The van der Waals surface area contributed by atoms with Crippen LogP contribution in [0.3, 0.4) is 0 Å². The first-order valence-corrected chi connectivity index (χ1v) is 10.6. The average molecular weight is 393 g/mol. The van der Waals surface area contributed by atoms with Crippen molar-refractivity contribution in [3.8, 4) is 5.75 Å². The van der Waals surface area contributed by atoms with E-state index in [2.05, 4.69) is 10.00 Å². The van der Waals surface area contributed by atoms with E-state index in [1.807, 2.05) is 31.9 Å². The first kappa shape index (κ1) is 19.9. The molecule has 0 N–H and O–H groups in total. The maximum absolute atomic E-state index is 13.3. The van der Waals surface area contributed by atoms with Gasteiger partial charge in [0, 0.05) is 26.2 Å². The molecule has 148 valence electrons. The third-order valence-electron chi connectivity index (χ3n) is 4.92. The van der Waals surface area contributed by atoms with Crippen molar-refractivity contribution in [3.05, 3.63) is 41.7 Å². The van der Waals surface area contributed by atoms with Crippen molar-refractivity contribution in [2.24, 2.45) is 7.05 Å². The van der Waals surface area contributed by atoms with E-state index < -0.39 is 10.0 Å². The average Bonchev–Trinajstić information content (AvgIpc) is 3.01. The number of aryl methyl sites for hydroxylation is 1. The summed E-state index contributed by atoms with van der Waals surface area (Å²) in [5, 5.41) is 4.64. The topological polar surface area (TPSA) is 67.7 Å². The summed E-state index contributed by atoms with van der Waals surface area (Å²) in [5.74, 6) is 0.538. The van der Waals surface area contributed by atoms with Gasteiger partial charge in [0.15, 0.2) is 0 Å². The number of methoxy groups -OCH3 is 1. The van der Waals surface area contributed by atoms with Crippen LogP contribution in [0.2, 0.25) is 0 Å². The molecule has 1 fully saturated rings. The smallest absolute Gasteiger partial charge is 0.243 e. The minimum absolute atomic E-state index is 0.239. The van der Waals surface area contributed by atoms with Gasteiger partial charge in [-0.25, -0.2) is 8.42 Å². The molecule has 0 amide bonds. The molecule has 0 bridgehead atoms. The highest BCUT2D eigenvalue weighted by Crippen LogP contribution is 2.35. The fraction of sp³-hybridized carbons (Fsp3) is 0.526. The molecule has 0 spiro atoms. The summed E-state index contributed by atoms with van der Waals surface area (Å²) in [4.78, 5) is 2.34. The molecule has 0 radical (unpaired) electrons. The minimum atomic E-state index is -3.62. The molecule has 7 nitrogen and oxygen atoms in total. The summed E-state index contributed by atoms with van der Waals surface area (Å²) >= 11 is 0. The molecule has 1 atom stereocenters. The van der Waals surface area contributed by atoms with Crippen LogP contribution in [0.25, 0.3) is 0 Å². The quantitative estimate of drug-likeness (QED) is 0.755. The normalized spacial score (nSPS) is 18.8. The number of piperidine rings is 1. The van der Waals surface area contributed by atoms with Crippen LogP contribution < -0.4 is 4.74 Å². The van der Waals surface area contributed by atoms with Crippen molar-refractivity contribution in [3.63, 3.8) is 0 Å². The van der Waals surface area contributed by atoms with Gasteiger partial charge in [0.1, 0.15) is 5.75 Å². The van der Waals surface area contributed by atoms with E-state index in [1.165, 1.54) is 7.11 Å². The van der Waals surface area contributed by atoms with Crippen molar-refractivity contribution >= 4 is 10.0 Å². The number of aromatic nitrogens is 2. The maximum Gasteiger partial charge on any atom is 0.243 e. The van der Waals surface area contributed by atoms with Gasteiger partial charge in [-0.15, -0.1) is 0 Å².